The fourth-order valence-corrected chi connectivity index (χ4v) is 1.28. The zero-order valence-corrected chi connectivity index (χ0v) is 8.42. The van der Waals surface area contributed by atoms with Gasteiger partial charge in [0, 0.05) is 12.1 Å². The van der Waals surface area contributed by atoms with Crippen molar-refractivity contribution in [3.63, 3.8) is 0 Å². The standard InChI is InChI=1S/C9H12N4O3/c10-7-4-2-1-3-6(7)5-8(9(11)14)12-13(15)16/h1-4,8,12H,5,10H2,(H2,11,14)/t8-/m0/s1. The predicted molar refractivity (Wildman–Crippen MR) is 57.7 cm³/mol. The van der Waals surface area contributed by atoms with Gasteiger partial charge in [0.05, 0.1) is 0 Å². The molecule has 0 bridgehead atoms. The van der Waals surface area contributed by atoms with Crippen molar-refractivity contribution in [1.29, 1.82) is 0 Å². The number of carbonyl (C=O) groups excluding carboxylic acids is 1. The molecule has 0 saturated carbocycles. The summed E-state index contributed by atoms with van der Waals surface area (Å²) in [5.74, 6) is -0.792. The smallest absolute Gasteiger partial charge is 0.246 e. The van der Waals surface area contributed by atoms with Crippen molar-refractivity contribution in [2.24, 2.45) is 5.73 Å². The molecule has 7 nitrogen and oxygen atoms in total. The molecule has 0 aliphatic carbocycles. The number of nitro groups is 1. The Kier molecular flexibility index (Phi) is 3.65. The van der Waals surface area contributed by atoms with Crippen molar-refractivity contribution < 1.29 is 9.83 Å². The number of hydrogen-bond acceptors (Lipinski definition) is 4. The first-order chi connectivity index (χ1) is 7.50. The molecule has 0 fully saturated rings. The molecule has 0 aliphatic rings. The highest BCUT2D eigenvalue weighted by Crippen LogP contribution is 2.12. The van der Waals surface area contributed by atoms with E-state index in [1.165, 1.54) is 0 Å². The zero-order valence-electron chi connectivity index (χ0n) is 8.42. The van der Waals surface area contributed by atoms with E-state index in [4.69, 9.17) is 11.5 Å². The number of amides is 1. The van der Waals surface area contributed by atoms with Gasteiger partial charge in [-0.05, 0) is 11.6 Å². The Morgan fingerprint density at radius 2 is 2.12 bits per heavy atom. The van der Waals surface area contributed by atoms with Crippen molar-refractivity contribution in [2.75, 3.05) is 5.73 Å². The summed E-state index contributed by atoms with van der Waals surface area (Å²) in [6.45, 7) is 0. The summed E-state index contributed by atoms with van der Waals surface area (Å²) < 4.78 is 0. The zero-order chi connectivity index (χ0) is 12.1. The van der Waals surface area contributed by atoms with Crippen LogP contribution in [0.4, 0.5) is 5.69 Å². The van der Waals surface area contributed by atoms with Gasteiger partial charge in [-0.2, -0.15) is 0 Å². The number of para-hydroxylation sites is 1. The van der Waals surface area contributed by atoms with E-state index >= 15 is 0 Å². The Labute approximate surface area is 91.5 Å². The van der Waals surface area contributed by atoms with Crippen LogP contribution in [0, 0.1) is 10.1 Å². The van der Waals surface area contributed by atoms with Gasteiger partial charge in [0.15, 0.2) is 11.1 Å². The maximum Gasteiger partial charge on any atom is 0.246 e. The molecule has 0 saturated heterocycles. The van der Waals surface area contributed by atoms with Crippen molar-refractivity contribution in [3.05, 3.63) is 39.9 Å². The second kappa shape index (κ2) is 4.96. The number of nitrogen functional groups attached to an aromatic ring is 1. The van der Waals surface area contributed by atoms with Crippen LogP contribution < -0.4 is 16.9 Å². The summed E-state index contributed by atoms with van der Waals surface area (Å²) in [5, 5.41) is 9.45. The summed E-state index contributed by atoms with van der Waals surface area (Å²) in [5.41, 5.74) is 13.6. The fraction of sp³-hybridized carbons (Fsp3) is 0.222. The SMILES string of the molecule is NC(=O)[C@H](Cc1ccccc1N)N[N+](=O)[O-]. The molecule has 1 rings (SSSR count). The van der Waals surface area contributed by atoms with Crippen LogP contribution in [0.5, 0.6) is 0 Å². The van der Waals surface area contributed by atoms with E-state index in [-0.39, 0.29) is 6.42 Å². The second-order valence-electron chi connectivity index (χ2n) is 3.24. The van der Waals surface area contributed by atoms with Crippen molar-refractivity contribution in [1.82, 2.24) is 5.43 Å². The molecule has 0 aliphatic heterocycles. The van der Waals surface area contributed by atoms with E-state index in [0.717, 1.165) is 0 Å². The minimum Gasteiger partial charge on any atom is -0.399 e. The van der Waals surface area contributed by atoms with Gasteiger partial charge in [0.25, 0.3) is 0 Å². The summed E-state index contributed by atoms with van der Waals surface area (Å²) >= 11 is 0. The fourth-order valence-electron chi connectivity index (χ4n) is 1.28. The first-order valence-electron chi connectivity index (χ1n) is 4.54. The molecular formula is C9H12N4O3. The Balaban J connectivity index is 2.80. The van der Waals surface area contributed by atoms with Gasteiger partial charge >= 0.3 is 0 Å². The van der Waals surface area contributed by atoms with E-state index in [2.05, 4.69) is 0 Å². The summed E-state index contributed by atoms with van der Waals surface area (Å²) in [6.07, 6.45) is 0.0863. The minimum atomic E-state index is -1.07. The molecular weight excluding hydrogens is 212 g/mol. The van der Waals surface area contributed by atoms with Gasteiger partial charge in [-0.1, -0.05) is 18.2 Å². The Morgan fingerprint density at radius 1 is 1.50 bits per heavy atom. The molecule has 1 aromatic rings. The monoisotopic (exact) mass is 224 g/mol. The third-order valence-corrected chi connectivity index (χ3v) is 2.08. The maximum atomic E-state index is 11.0. The van der Waals surface area contributed by atoms with E-state index in [1.54, 1.807) is 24.3 Å². The summed E-state index contributed by atoms with van der Waals surface area (Å²) in [7, 11) is 0. The predicted octanol–water partition coefficient (Wildman–Crippen LogP) is -0.554. The largest absolute Gasteiger partial charge is 0.399 e. The Morgan fingerprint density at radius 3 is 2.62 bits per heavy atom. The number of hydrazine groups is 1. The number of carbonyl (C=O) groups is 1. The number of rotatable bonds is 5. The third kappa shape index (κ3) is 3.12. The quantitative estimate of drug-likeness (QED) is 0.351. The molecule has 1 aromatic carbocycles. The van der Waals surface area contributed by atoms with Crippen molar-refractivity contribution in [3.8, 4) is 0 Å². The molecule has 86 valence electrons. The molecule has 0 spiro atoms. The van der Waals surface area contributed by atoms with Crippen LogP contribution >= 0.6 is 0 Å². The number of nitrogens with one attached hydrogen (secondary N) is 1. The Hall–Kier alpha value is -2.31. The number of hydrogen-bond donors (Lipinski definition) is 3. The number of primary amides is 1. The van der Waals surface area contributed by atoms with E-state index in [1.807, 2.05) is 5.43 Å². The molecule has 1 amide bonds. The van der Waals surface area contributed by atoms with Crippen LogP contribution in [-0.4, -0.2) is 17.0 Å². The average Bonchev–Trinajstić information content (AvgIpc) is 2.19. The molecule has 0 radical (unpaired) electrons. The van der Waals surface area contributed by atoms with E-state index in [9.17, 15) is 14.9 Å². The normalized spacial score (nSPS) is 11.8. The second-order valence-corrected chi connectivity index (χ2v) is 3.24. The highest BCUT2D eigenvalue weighted by atomic mass is 16.7. The van der Waals surface area contributed by atoms with Crippen LogP contribution in [0.2, 0.25) is 0 Å². The van der Waals surface area contributed by atoms with Crippen LogP contribution in [0.15, 0.2) is 24.3 Å². The van der Waals surface area contributed by atoms with Gasteiger partial charge in [0.1, 0.15) is 0 Å². The summed E-state index contributed by atoms with van der Waals surface area (Å²) in [6, 6.07) is 5.74. The maximum absolute atomic E-state index is 11.0. The van der Waals surface area contributed by atoms with Gasteiger partial charge in [-0.3, -0.25) is 4.79 Å². The number of nitrogens with two attached hydrogens (primary N) is 2. The molecule has 1 atom stereocenters. The molecule has 16 heavy (non-hydrogen) atoms. The number of benzene rings is 1. The van der Waals surface area contributed by atoms with Gasteiger partial charge < -0.3 is 11.5 Å². The molecule has 5 N–H and O–H groups in total. The van der Waals surface area contributed by atoms with Gasteiger partial charge in [-0.25, -0.2) is 10.1 Å². The lowest BCUT2D eigenvalue weighted by Gasteiger charge is -2.11. The summed E-state index contributed by atoms with van der Waals surface area (Å²) in [4.78, 5) is 21.2. The molecule has 0 heterocycles. The van der Waals surface area contributed by atoms with E-state index in [0.29, 0.717) is 11.3 Å². The van der Waals surface area contributed by atoms with Gasteiger partial charge in [0.2, 0.25) is 5.91 Å². The van der Waals surface area contributed by atoms with Crippen molar-refractivity contribution >= 4 is 11.6 Å². The highest BCUT2D eigenvalue weighted by Gasteiger charge is 2.21. The van der Waals surface area contributed by atoms with Gasteiger partial charge in [-0.15, -0.1) is 5.43 Å². The van der Waals surface area contributed by atoms with Crippen LogP contribution in [0.1, 0.15) is 5.56 Å². The first kappa shape index (κ1) is 11.8. The van der Waals surface area contributed by atoms with Crippen LogP contribution in [0.25, 0.3) is 0 Å². The first-order valence-corrected chi connectivity index (χ1v) is 4.54. The lowest BCUT2D eigenvalue weighted by Crippen LogP contribution is -2.45. The lowest BCUT2D eigenvalue weighted by atomic mass is 10.0. The lowest BCUT2D eigenvalue weighted by molar-refractivity contribution is -0.548. The average molecular weight is 224 g/mol. The highest BCUT2D eigenvalue weighted by molar-refractivity contribution is 5.80. The van der Waals surface area contributed by atoms with Crippen molar-refractivity contribution in [2.45, 2.75) is 12.5 Å². The third-order valence-electron chi connectivity index (χ3n) is 2.08. The van der Waals surface area contributed by atoms with Crippen LogP contribution in [-0.2, 0) is 11.2 Å². The number of anilines is 1. The molecule has 0 aromatic heterocycles. The van der Waals surface area contributed by atoms with Crippen LogP contribution in [0.3, 0.4) is 0 Å². The number of nitrogens with zero attached hydrogens (tertiary/aromatic N) is 1. The van der Waals surface area contributed by atoms with E-state index < -0.39 is 17.0 Å². The topological polar surface area (TPSA) is 124 Å². The minimum absolute atomic E-state index is 0.0863. The Bertz CT molecular complexity index is 407. The molecule has 0 unspecified atom stereocenters. The molecule has 7 heteroatoms.